The van der Waals surface area contributed by atoms with E-state index in [4.69, 9.17) is 11.6 Å². The van der Waals surface area contributed by atoms with Crippen molar-refractivity contribution in [3.05, 3.63) is 81.9 Å². The van der Waals surface area contributed by atoms with Crippen LogP contribution in [0.1, 0.15) is 61.0 Å². The highest BCUT2D eigenvalue weighted by atomic mass is 35.5. The zero-order valence-corrected chi connectivity index (χ0v) is 34.0. The molecule has 59 heavy (non-hydrogen) atoms. The highest BCUT2D eigenvalue weighted by Gasteiger charge is 2.40. The Morgan fingerprint density at radius 3 is 2.29 bits per heavy atom. The van der Waals surface area contributed by atoms with E-state index in [1.807, 2.05) is 24.8 Å². The second-order valence-electron chi connectivity index (χ2n) is 16.5. The molecule has 0 radical (unpaired) electrons. The number of benzene rings is 3. The van der Waals surface area contributed by atoms with Crippen LogP contribution in [0, 0.1) is 28.9 Å². The van der Waals surface area contributed by atoms with Gasteiger partial charge in [0.25, 0.3) is 5.91 Å². The van der Waals surface area contributed by atoms with E-state index in [2.05, 4.69) is 31.4 Å². The number of nitrogens with zero attached hydrogens (tertiary/aromatic N) is 7. The van der Waals surface area contributed by atoms with Crippen molar-refractivity contribution >= 4 is 58.1 Å². The molecular weight excluding hydrogens is 780 g/mol. The second-order valence-corrected chi connectivity index (χ2v) is 16.9. The van der Waals surface area contributed by atoms with Crippen molar-refractivity contribution in [2.75, 3.05) is 78.9 Å². The van der Waals surface area contributed by atoms with Crippen LogP contribution < -0.4 is 25.3 Å². The zero-order valence-electron chi connectivity index (χ0n) is 33.2. The van der Waals surface area contributed by atoms with E-state index >= 15 is 8.78 Å². The average molecular weight is 828 g/mol. The van der Waals surface area contributed by atoms with Crippen LogP contribution in [0.4, 0.5) is 36.3 Å². The number of nitriles is 1. The number of hydrogen-bond acceptors (Lipinski definition) is 9. The minimum atomic E-state index is -0.745. The van der Waals surface area contributed by atoms with Crippen molar-refractivity contribution < 1.29 is 28.0 Å². The lowest BCUT2D eigenvalue weighted by atomic mass is 9.95. The smallest absolute Gasteiger partial charge is 0.322 e. The topological polar surface area (TPSA) is 136 Å². The minimum Gasteiger partial charge on any atom is -0.369 e. The van der Waals surface area contributed by atoms with Gasteiger partial charge in [0.1, 0.15) is 23.7 Å². The predicted octanol–water partition coefficient (Wildman–Crippen LogP) is 5.42. The van der Waals surface area contributed by atoms with Crippen LogP contribution in [0.2, 0.25) is 5.02 Å². The lowest BCUT2D eigenvalue weighted by Crippen LogP contribution is -2.59. The fourth-order valence-corrected chi connectivity index (χ4v) is 9.51. The van der Waals surface area contributed by atoms with Gasteiger partial charge in [0.15, 0.2) is 0 Å². The summed E-state index contributed by atoms with van der Waals surface area (Å²) in [6.45, 7) is 10.4. The number of fused-ring (bicyclic) bond motifs is 1. The summed E-state index contributed by atoms with van der Waals surface area (Å²) in [7, 11) is 0. The van der Waals surface area contributed by atoms with E-state index in [1.54, 1.807) is 35.2 Å². The molecule has 8 rings (SSSR count). The molecule has 16 heteroatoms. The molecule has 0 bridgehead atoms. The first-order valence-electron chi connectivity index (χ1n) is 20.4. The number of hydrogen-bond donors (Lipinski definition) is 2. The number of carbonyl (C=O) groups excluding carboxylic acids is 4. The zero-order chi connectivity index (χ0) is 41.5. The maximum atomic E-state index is 15.6. The van der Waals surface area contributed by atoms with Gasteiger partial charge >= 0.3 is 6.03 Å². The average Bonchev–Trinajstić information content (AvgIpc) is 3.53. The van der Waals surface area contributed by atoms with E-state index in [1.165, 1.54) is 17.0 Å². The summed E-state index contributed by atoms with van der Waals surface area (Å²) in [5.74, 6) is -1.63. The Morgan fingerprint density at radius 1 is 0.864 bits per heavy atom. The molecule has 3 atom stereocenters. The second kappa shape index (κ2) is 16.7. The molecule has 5 aliphatic heterocycles. The van der Waals surface area contributed by atoms with Crippen LogP contribution in [-0.4, -0.2) is 115 Å². The maximum absolute atomic E-state index is 15.6. The molecular formula is C43H48ClF2N9O4. The molecule has 5 amide bonds. The predicted molar refractivity (Wildman–Crippen MR) is 221 cm³/mol. The highest BCUT2D eigenvalue weighted by Crippen LogP contribution is 2.34. The Morgan fingerprint density at radius 2 is 1.59 bits per heavy atom. The number of amides is 5. The quantitative estimate of drug-likeness (QED) is 0.300. The number of urea groups is 1. The first-order chi connectivity index (χ1) is 28.4. The van der Waals surface area contributed by atoms with Gasteiger partial charge in [0, 0.05) is 101 Å². The number of carbonyl (C=O) groups is 4. The van der Waals surface area contributed by atoms with E-state index < -0.39 is 17.8 Å². The molecule has 4 saturated heterocycles. The summed E-state index contributed by atoms with van der Waals surface area (Å²) in [4.78, 5) is 62.4. The molecule has 4 fully saturated rings. The third-order valence-corrected chi connectivity index (χ3v) is 12.9. The van der Waals surface area contributed by atoms with E-state index in [0.29, 0.717) is 78.4 Å². The monoisotopic (exact) mass is 827 g/mol. The number of anilines is 4. The molecule has 310 valence electrons. The van der Waals surface area contributed by atoms with Gasteiger partial charge in [-0.2, -0.15) is 5.26 Å². The van der Waals surface area contributed by atoms with Crippen LogP contribution in [0.15, 0.2) is 48.5 Å². The number of piperazine rings is 2. The van der Waals surface area contributed by atoms with Crippen molar-refractivity contribution in [2.45, 2.75) is 64.2 Å². The Balaban J connectivity index is 0.794. The lowest BCUT2D eigenvalue weighted by Gasteiger charge is -2.45. The van der Waals surface area contributed by atoms with Gasteiger partial charge in [0.2, 0.25) is 11.8 Å². The van der Waals surface area contributed by atoms with Gasteiger partial charge < -0.3 is 29.8 Å². The molecule has 0 spiro atoms. The van der Waals surface area contributed by atoms with Gasteiger partial charge in [-0.1, -0.05) is 11.6 Å². The summed E-state index contributed by atoms with van der Waals surface area (Å²) in [6.07, 6.45) is 2.24. The largest absolute Gasteiger partial charge is 0.369 e. The number of rotatable bonds is 7. The fraction of sp³-hybridized carbons (Fsp3) is 0.465. The molecule has 13 nitrogen and oxygen atoms in total. The van der Waals surface area contributed by atoms with Crippen molar-refractivity contribution in [3.63, 3.8) is 0 Å². The summed E-state index contributed by atoms with van der Waals surface area (Å²) in [5.41, 5.74) is 3.63. The highest BCUT2D eigenvalue weighted by molar-refractivity contribution is 6.32. The van der Waals surface area contributed by atoms with Crippen LogP contribution in [-0.2, 0) is 16.1 Å². The fourth-order valence-electron chi connectivity index (χ4n) is 9.29. The van der Waals surface area contributed by atoms with Crippen molar-refractivity contribution in [2.24, 2.45) is 5.92 Å². The van der Waals surface area contributed by atoms with Crippen molar-refractivity contribution in [1.29, 1.82) is 5.26 Å². The van der Waals surface area contributed by atoms with Gasteiger partial charge in [0.05, 0.1) is 22.0 Å². The molecule has 3 aromatic carbocycles. The number of imide groups is 1. The van der Waals surface area contributed by atoms with Crippen LogP contribution >= 0.6 is 11.6 Å². The molecule has 1 unspecified atom stereocenters. The number of piperidine rings is 2. The van der Waals surface area contributed by atoms with Crippen molar-refractivity contribution in [1.82, 2.24) is 20.0 Å². The van der Waals surface area contributed by atoms with Crippen LogP contribution in [0.5, 0.6) is 0 Å². The molecule has 5 heterocycles. The summed E-state index contributed by atoms with van der Waals surface area (Å²) >= 11 is 6.29. The molecule has 3 aromatic rings. The van der Waals surface area contributed by atoms with Gasteiger partial charge in [-0.15, -0.1) is 0 Å². The molecule has 0 saturated carbocycles. The first kappa shape index (κ1) is 40.3. The van der Waals surface area contributed by atoms with Crippen LogP contribution in [0.25, 0.3) is 0 Å². The lowest BCUT2D eigenvalue weighted by molar-refractivity contribution is -0.136. The van der Waals surface area contributed by atoms with E-state index in [0.717, 1.165) is 38.2 Å². The molecule has 0 aliphatic carbocycles. The Hall–Kier alpha value is -5.46. The Kier molecular flexibility index (Phi) is 11.4. The Bertz CT molecular complexity index is 2200. The van der Waals surface area contributed by atoms with Gasteiger partial charge in [-0.3, -0.25) is 24.6 Å². The van der Waals surface area contributed by atoms with Gasteiger partial charge in [-0.05, 0) is 93.1 Å². The molecule has 0 aromatic heterocycles. The van der Waals surface area contributed by atoms with E-state index in [-0.39, 0.29) is 60.7 Å². The first-order valence-corrected chi connectivity index (χ1v) is 20.8. The van der Waals surface area contributed by atoms with Gasteiger partial charge in [-0.25, -0.2) is 13.6 Å². The standard InChI is InChI=1S/C43H48ClF2N9O4/c1-26-23-54(27(2)22-53(26)32-5-3-29(21-47)34(44)19-32)43(59)48-31-4-6-37(35(45)18-31)51-11-9-28(10-12-51)24-50-13-15-52(16-14-50)39-17-30-25-55(42(58)33(30)20-36(39)46)38-7-8-40(56)49-41(38)57/h3-6,17-20,26-28,38H,7-16,22-25H2,1-2H3,(H,48,59)(H,49,56,57)/t26-,27+,38?/m0/s1. The summed E-state index contributed by atoms with van der Waals surface area (Å²) in [5, 5.41) is 14.8. The molecule has 2 N–H and O–H groups in total. The Labute approximate surface area is 347 Å². The van der Waals surface area contributed by atoms with E-state index in [9.17, 15) is 24.4 Å². The SMILES string of the molecule is C[C@@H]1CN(c2ccc(C#N)c(Cl)c2)[C@@H](C)CN1C(=O)Nc1ccc(N2CCC(CN3CCN(c4cc5c(cc4F)C(=O)N(C4CCC(=O)NC4=O)C5)CC3)CC2)c(F)c1. The summed E-state index contributed by atoms with van der Waals surface area (Å²) < 4.78 is 31.0. The van der Waals surface area contributed by atoms with Crippen LogP contribution in [0.3, 0.4) is 0 Å². The number of halogens is 3. The van der Waals surface area contributed by atoms with Crippen molar-refractivity contribution in [3.8, 4) is 6.07 Å². The third-order valence-electron chi connectivity index (χ3n) is 12.6. The number of nitrogens with one attached hydrogen (secondary N) is 2. The third kappa shape index (κ3) is 8.25. The minimum absolute atomic E-state index is 0.00960. The normalized spacial score (nSPS) is 23.0. The summed E-state index contributed by atoms with van der Waals surface area (Å²) in [6, 6.07) is 14.2. The maximum Gasteiger partial charge on any atom is 0.322 e. The molecule has 5 aliphatic rings.